The van der Waals surface area contributed by atoms with Crippen LogP contribution >= 0.6 is 0 Å². The monoisotopic (exact) mass is 336 g/mol. The van der Waals surface area contributed by atoms with E-state index in [1.807, 2.05) is 13.1 Å². The second kappa shape index (κ2) is 7.51. The van der Waals surface area contributed by atoms with Crippen LogP contribution in [0.2, 0.25) is 0 Å². The van der Waals surface area contributed by atoms with Crippen molar-refractivity contribution in [3.63, 3.8) is 0 Å². The molecule has 6 nitrogen and oxygen atoms in total. The van der Waals surface area contributed by atoms with Crippen LogP contribution in [0.25, 0.3) is 10.9 Å². The molecular weight excluding hydrogens is 311 g/mol. The molecule has 0 radical (unpaired) electrons. The van der Waals surface area contributed by atoms with Gasteiger partial charge in [0.25, 0.3) is 0 Å². The number of rotatable bonds is 5. The Morgan fingerprint density at radius 1 is 1.36 bits per heavy atom. The Morgan fingerprint density at radius 2 is 2.12 bits per heavy atom. The van der Waals surface area contributed by atoms with Gasteiger partial charge in [-0.05, 0) is 44.0 Å². The van der Waals surface area contributed by atoms with E-state index in [2.05, 4.69) is 15.3 Å². The van der Waals surface area contributed by atoms with Gasteiger partial charge in [-0.1, -0.05) is 6.07 Å². The van der Waals surface area contributed by atoms with E-state index in [0.717, 1.165) is 42.0 Å². The second-order valence-corrected chi connectivity index (χ2v) is 7.02. The number of carboxylic acids is 1. The third-order valence-corrected chi connectivity index (χ3v) is 5.61. The fourth-order valence-electron chi connectivity index (χ4n) is 4.32. The van der Waals surface area contributed by atoms with Gasteiger partial charge in [-0.15, -0.1) is 0 Å². The third kappa shape index (κ3) is 3.49. The predicted molar refractivity (Wildman–Crippen MR) is 99.5 cm³/mol. The van der Waals surface area contributed by atoms with E-state index in [4.69, 9.17) is 0 Å². The molecule has 0 amide bonds. The molecule has 2 N–H and O–H groups in total. The summed E-state index contributed by atoms with van der Waals surface area (Å²) in [5.74, 6) is -0.0924. The van der Waals surface area contributed by atoms with Crippen molar-refractivity contribution in [1.29, 1.82) is 0 Å². The van der Waals surface area contributed by atoms with E-state index in [-0.39, 0.29) is 18.9 Å². The Morgan fingerprint density at radius 3 is 2.76 bits per heavy atom. The molecule has 0 spiro atoms. The fraction of sp³-hybridized carbons (Fsp3) is 0.556. The van der Waals surface area contributed by atoms with Crippen LogP contribution in [0.4, 0.5) is 0 Å². The van der Waals surface area contributed by atoms with Crippen molar-refractivity contribution in [3.8, 4) is 0 Å². The van der Waals surface area contributed by atoms with Crippen LogP contribution < -0.4 is 5.32 Å². The number of carboxylic acid groups (broad SMARTS) is 1. The number of aromatic carboxylic acids is 1. The Balaban J connectivity index is 0.00000182. The molecule has 3 saturated heterocycles. The maximum atomic E-state index is 11.5. The van der Waals surface area contributed by atoms with E-state index < -0.39 is 5.97 Å². The number of aromatic nitrogens is 2. The van der Waals surface area contributed by atoms with Gasteiger partial charge in [0.1, 0.15) is 0 Å². The first-order valence-corrected chi connectivity index (χ1v) is 8.77. The molecular formula is C18H25LiN4O2. The molecule has 1 unspecified atom stereocenters. The van der Waals surface area contributed by atoms with Crippen molar-refractivity contribution in [1.82, 2.24) is 20.0 Å². The molecule has 3 aliphatic rings. The molecule has 3 fully saturated rings. The zero-order valence-corrected chi connectivity index (χ0v) is 14.0. The number of nitrogens with zero attached hydrogens (tertiary/aromatic N) is 3. The van der Waals surface area contributed by atoms with Crippen molar-refractivity contribution in [2.24, 2.45) is 13.0 Å². The normalized spacial score (nSPS) is 25.1. The van der Waals surface area contributed by atoms with Gasteiger partial charge in [-0.2, -0.15) is 5.10 Å². The average molecular weight is 336 g/mol. The number of benzene rings is 1. The van der Waals surface area contributed by atoms with E-state index in [1.165, 1.54) is 25.9 Å². The van der Waals surface area contributed by atoms with Crippen LogP contribution in [0.1, 0.15) is 28.9 Å². The molecule has 130 valence electrons. The first kappa shape index (κ1) is 18.5. The van der Waals surface area contributed by atoms with E-state index in [1.54, 1.807) is 16.8 Å². The minimum atomic E-state index is -0.889. The summed E-state index contributed by atoms with van der Waals surface area (Å²) < 4.78 is 1.78. The molecule has 1 aromatic heterocycles. The molecule has 5 rings (SSSR count). The molecule has 3 aliphatic heterocycles. The minimum absolute atomic E-state index is 0. The summed E-state index contributed by atoms with van der Waals surface area (Å²) >= 11 is 0. The zero-order chi connectivity index (χ0) is 16.7. The van der Waals surface area contributed by atoms with Crippen molar-refractivity contribution in [2.75, 3.05) is 26.2 Å². The van der Waals surface area contributed by atoms with Crippen molar-refractivity contribution in [3.05, 3.63) is 29.5 Å². The number of fused-ring (bicyclic) bond motifs is 4. The van der Waals surface area contributed by atoms with Gasteiger partial charge in [0, 0.05) is 38.0 Å². The Bertz CT molecular complexity index is 768. The van der Waals surface area contributed by atoms with Crippen LogP contribution in [0.5, 0.6) is 0 Å². The number of aryl methyl sites for hydroxylation is 1. The first-order chi connectivity index (χ1) is 11.6. The van der Waals surface area contributed by atoms with Crippen LogP contribution in [-0.2, 0) is 13.5 Å². The summed E-state index contributed by atoms with van der Waals surface area (Å²) in [4.78, 5) is 14.1. The average Bonchev–Trinajstić information content (AvgIpc) is 2.92. The topological polar surface area (TPSA) is 70.4 Å². The first-order valence-electron chi connectivity index (χ1n) is 8.77. The molecule has 25 heavy (non-hydrogen) atoms. The second-order valence-electron chi connectivity index (χ2n) is 7.02. The van der Waals surface area contributed by atoms with Crippen LogP contribution in [0.3, 0.4) is 0 Å². The standard InChI is InChI=1S/C18H24N4O2.Li.H/c1-21-16-4-2-3-13(18(23)24)17(16)14(20-21)5-8-19-15-11-22-9-6-12(15)7-10-22;;/h2-4,12,15,19H,5-11H2,1H3,(H,23,24);;. The van der Waals surface area contributed by atoms with E-state index >= 15 is 0 Å². The summed E-state index contributed by atoms with van der Waals surface area (Å²) in [5, 5.41) is 18.5. The maximum absolute atomic E-state index is 11.5. The number of hydrogen-bond acceptors (Lipinski definition) is 4. The van der Waals surface area contributed by atoms with Crippen molar-refractivity contribution in [2.45, 2.75) is 25.3 Å². The van der Waals surface area contributed by atoms with Gasteiger partial charge in [0.15, 0.2) is 0 Å². The van der Waals surface area contributed by atoms with Crippen LogP contribution in [0.15, 0.2) is 18.2 Å². The van der Waals surface area contributed by atoms with E-state index in [9.17, 15) is 9.90 Å². The summed E-state index contributed by atoms with van der Waals surface area (Å²) in [6.45, 7) is 4.48. The fourth-order valence-corrected chi connectivity index (χ4v) is 4.32. The summed E-state index contributed by atoms with van der Waals surface area (Å²) in [7, 11) is 1.87. The molecule has 1 atom stereocenters. The molecule has 1 aromatic carbocycles. The molecule has 2 aromatic rings. The Hall–Kier alpha value is -1.32. The van der Waals surface area contributed by atoms with Crippen LogP contribution in [-0.4, -0.2) is 76.8 Å². The molecule has 7 heteroatoms. The number of carbonyl (C=O) groups is 1. The molecule has 0 saturated carbocycles. The summed E-state index contributed by atoms with van der Waals surface area (Å²) in [5.41, 5.74) is 2.10. The zero-order valence-electron chi connectivity index (χ0n) is 14.0. The van der Waals surface area contributed by atoms with Gasteiger partial charge in [0.2, 0.25) is 0 Å². The predicted octanol–water partition coefficient (Wildman–Crippen LogP) is 0.849. The molecule has 4 heterocycles. The number of nitrogens with one attached hydrogen (secondary N) is 1. The Labute approximate surface area is 159 Å². The van der Waals surface area contributed by atoms with Gasteiger partial charge in [0.05, 0.1) is 16.8 Å². The van der Waals surface area contributed by atoms with Crippen molar-refractivity contribution >= 4 is 35.7 Å². The van der Waals surface area contributed by atoms with Gasteiger partial charge >= 0.3 is 24.8 Å². The third-order valence-electron chi connectivity index (χ3n) is 5.61. The molecule has 0 aliphatic carbocycles. The number of piperidine rings is 3. The summed E-state index contributed by atoms with van der Waals surface area (Å²) in [6, 6.07) is 5.94. The molecule has 2 bridgehead atoms. The summed E-state index contributed by atoms with van der Waals surface area (Å²) in [6.07, 6.45) is 3.35. The van der Waals surface area contributed by atoms with Gasteiger partial charge in [-0.3, -0.25) is 4.68 Å². The van der Waals surface area contributed by atoms with Crippen molar-refractivity contribution < 1.29 is 9.90 Å². The quantitative estimate of drug-likeness (QED) is 0.792. The van der Waals surface area contributed by atoms with Gasteiger partial charge < -0.3 is 15.3 Å². The number of hydrogen-bond donors (Lipinski definition) is 2. The Kier molecular flexibility index (Phi) is 5.55. The van der Waals surface area contributed by atoms with E-state index in [0.29, 0.717) is 11.6 Å². The van der Waals surface area contributed by atoms with Crippen LogP contribution in [0, 0.1) is 5.92 Å². The SMILES string of the molecule is Cn1nc(CCNC2CN3CCC2CC3)c2c(C(=O)O)cccc21.[LiH]. The van der Waals surface area contributed by atoms with Gasteiger partial charge in [-0.25, -0.2) is 4.79 Å².